The van der Waals surface area contributed by atoms with Gasteiger partial charge in [0.2, 0.25) is 0 Å². The summed E-state index contributed by atoms with van der Waals surface area (Å²) in [6, 6.07) is 2.19. The summed E-state index contributed by atoms with van der Waals surface area (Å²) in [4.78, 5) is 1.24. The van der Waals surface area contributed by atoms with Gasteiger partial charge < -0.3 is 5.73 Å². The Kier molecular flexibility index (Phi) is 4.16. The van der Waals surface area contributed by atoms with Crippen molar-refractivity contribution in [2.45, 2.75) is 25.8 Å². The van der Waals surface area contributed by atoms with Gasteiger partial charge in [0.15, 0.2) is 0 Å². The Morgan fingerprint density at radius 1 is 1.77 bits per heavy atom. The molecule has 3 heteroatoms. The van der Waals surface area contributed by atoms with E-state index in [1.54, 1.807) is 11.3 Å². The molecule has 1 atom stereocenters. The van der Waals surface area contributed by atoms with Crippen molar-refractivity contribution in [2.24, 2.45) is 5.73 Å². The average molecular weight is 260 g/mol. The van der Waals surface area contributed by atoms with Gasteiger partial charge in [-0.1, -0.05) is 5.57 Å². The molecule has 0 saturated carbocycles. The van der Waals surface area contributed by atoms with E-state index in [0.29, 0.717) is 0 Å². The second kappa shape index (κ2) is 4.94. The second-order valence-corrected chi connectivity index (χ2v) is 5.04. The quantitative estimate of drug-likeness (QED) is 0.817. The Bertz CT molecular complexity index is 293. The monoisotopic (exact) mass is 259 g/mol. The van der Waals surface area contributed by atoms with Crippen LogP contribution in [0.1, 0.15) is 30.7 Å². The molecule has 1 rings (SSSR count). The minimum absolute atomic E-state index is 0.145. The molecule has 0 bridgehead atoms. The van der Waals surface area contributed by atoms with Gasteiger partial charge in [0, 0.05) is 15.4 Å². The molecular formula is C10H14BrNS. The molecule has 72 valence electrons. The molecule has 0 fully saturated rings. The number of nitrogens with two attached hydrogens (primary N) is 1. The van der Waals surface area contributed by atoms with E-state index < -0.39 is 0 Å². The third kappa shape index (κ3) is 3.25. The first kappa shape index (κ1) is 11.0. The summed E-state index contributed by atoms with van der Waals surface area (Å²) in [5.41, 5.74) is 7.23. The number of hydrogen-bond donors (Lipinski definition) is 1. The normalized spacial score (nSPS) is 12.8. The van der Waals surface area contributed by atoms with E-state index >= 15 is 0 Å². The van der Waals surface area contributed by atoms with Gasteiger partial charge in [-0.05, 0) is 47.1 Å². The second-order valence-electron chi connectivity index (χ2n) is 3.24. The van der Waals surface area contributed by atoms with Gasteiger partial charge in [0.1, 0.15) is 0 Å². The SMILES string of the molecule is C=C(C)CCC(N)c1sccc1Br. The van der Waals surface area contributed by atoms with Crippen molar-refractivity contribution < 1.29 is 0 Å². The van der Waals surface area contributed by atoms with Gasteiger partial charge >= 0.3 is 0 Å². The minimum Gasteiger partial charge on any atom is -0.323 e. The molecule has 1 unspecified atom stereocenters. The van der Waals surface area contributed by atoms with E-state index in [1.165, 1.54) is 10.5 Å². The maximum atomic E-state index is 6.03. The van der Waals surface area contributed by atoms with Crippen LogP contribution in [0.5, 0.6) is 0 Å². The standard InChI is InChI=1S/C10H14BrNS/c1-7(2)3-4-9(12)10-8(11)5-6-13-10/h5-6,9H,1,3-4,12H2,2H3. The van der Waals surface area contributed by atoms with Gasteiger partial charge in [0.25, 0.3) is 0 Å². The predicted octanol–water partition coefficient (Wildman–Crippen LogP) is 3.87. The summed E-state index contributed by atoms with van der Waals surface area (Å²) >= 11 is 5.19. The Morgan fingerprint density at radius 3 is 2.92 bits per heavy atom. The maximum absolute atomic E-state index is 6.03. The van der Waals surface area contributed by atoms with E-state index in [0.717, 1.165) is 17.3 Å². The van der Waals surface area contributed by atoms with Crippen molar-refractivity contribution in [3.05, 3.63) is 32.9 Å². The van der Waals surface area contributed by atoms with Gasteiger partial charge in [-0.15, -0.1) is 17.9 Å². The topological polar surface area (TPSA) is 26.0 Å². The third-order valence-electron chi connectivity index (χ3n) is 1.86. The molecule has 1 nitrogen and oxygen atoms in total. The van der Waals surface area contributed by atoms with Gasteiger partial charge in [-0.3, -0.25) is 0 Å². The first-order valence-electron chi connectivity index (χ1n) is 4.24. The van der Waals surface area contributed by atoms with Crippen molar-refractivity contribution in [1.29, 1.82) is 0 Å². The van der Waals surface area contributed by atoms with E-state index in [2.05, 4.69) is 27.9 Å². The summed E-state index contributed by atoms with van der Waals surface area (Å²) < 4.78 is 1.13. The lowest BCUT2D eigenvalue weighted by molar-refractivity contribution is 0.657. The molecule has 0 radical (unpaired) electrons. The molecule has 13 heavy (non-hydrogen) atoms. The Labute approximate surface area is 91.8 Å². The Hall–Kier alpha value is -0.120. The highest BCUT2D eigenvalue weighted by Gasteiger charge is 2.10. The predicted molar refractivity (Wildman–Crippen MR) is 63.0 cm³/mol. The summed E-state index contributed by atoms with van der Waals surface area (Å²) in [5.74, 6) is 0. The highest BCUT2D eigenvalue weighted by atomic mass is 79.9. The van der Waals surface area contributed by atoms with Crippen LogP contribution in [0.3, 0.4) is 0 Å². The number of rotatable bonds is 4. The lowest BCUT2D eigenvalue weighted by Gasteiger charge is -2.09. The van der Waals surface area contributed by atoms with E-state index in [1.807, 2.05) is 13.0 Å². The lowest BCUT2D eigenvalue weighted by Crippen LogP contribution is -2.08. The van der Waals surface area contributed by atoms with E-state index in [9.17, 15) is 0 Å². The summed E-state index contributed by atoms with van der Waals surface area (Å²) in [6.07, 6.45) is 1.99. The van der Waals surface area contributed by atoms with Crippen LogP contribution >= 0.6 is 27.3 Å². The van der Waals surface area contributed by atoms with Crippen molar-refractivity contribution in [1.82, 2.24) is 0 Å². The number of allylic oxidation sites excluding steroid dienone is 1. The fourth-order valence-corrected chi connectivity index (χ4v) is 2.81. The zero-order valence-corrected chi connectivity index (χ0v) is 10.1. The molecule has 1 aromatic heterocycles. The van der Waals surface area contributed by atoms with Gasteiger partial charge in [-0.25, -0.2) is 0 Å². The summed E-state index contributed by atoms with van der Waals surface area (Å²) in [6.45, 7) is 5.90. The maximum Gasteiger partial charge on any atom is 0.0404 e. The molecule has 1 aromatic rings. The molecule has 1 heterocycles. The zero-order chi connectivity index (χ0) is 9.84. The van der Waals surface area contributed by atoms with Gasteiger partial charge in [0.05, 0.1) is 0 Å². The summed E-state index contributed by atoms with van der Waals surface area (Å²) in [5, 5.41) is 2.06. The Morgan fingerprint density at radius 2 is 2.46 bits per heavy atom. The van der Waals surface area contributed by atoms with Crippen molar-refractivity contribution in [3.8, 4) is 0 Å². The largest absolute Gasteiger partial charge is 0.323 e. The number of thiophene rings is 1. The fraction of sp³-hybridized carbons (Fsp3) is 0.400. The van der Waals surface area contributed by atoms with E-state index in [4.69, 9.17) is 5.73 Å². The molecule has 0 aliphatic rings. The molecule has 0 spiro atoms. The molecule has 0 amide bonds. The van der Waals surface area contributed by atoms with Crippen molar-refractivity contribution >= 4 is 27.3 Å². The van der Waals surface area contributed by atoms with Crippen molar-refractivity contribution in [3.63, 3.8) is 0 Å². The van der Waals surface area contributed by atoms with Gasteiger partial charge in [-0.2, -0.15) is 0 Å². The van der Waals surface area contributed by atoms with Crippen LogP contribution in [0.4, 0.5) is 0 Å². The van der Waals surface area contributed by atoms with Crippen LogP contribution in [0.25, 0.3) is 0 Å². The minimum atomic E-state index is 0.145. The smallest absolute Gasteiger partial charge is 0.0404 e. The average Bonchev–Trinajstić information content (AvgIpc) is 2.47. The fourth-order valence-electron chi connectivity index (χ4n) is 1.10. The lowest BCUT2D eigenvalue weighted by atomic mass is 10.1. The van der Waals surface area contributed by atoms with Crippen molar-refractivity contribution in [2.75, 3.05) is 0 Å². The van der Waals surface area contributed by atoms with Crippen LogP contribution in [0.2, 0.25) is 0 Å². The Balaban J connectivity index is 2.53. The van der Waals surface area contributed by atoms with E-state index in [-0.39, 0.29) is 6.04 Å². The molecule has 2 N–H and O–H groups in total. The van der Waals surface area contributed by atoms with Crippen LogP contribution < -0.4 is 5.73 Å². The van der Waals surface area contributed by atoms with Crippen LogP contribution in [0, 0.1) is 0 Å². The third-order valence-corrected chi connectivity index (χ3v) is 3.87. The molecule has 0 saturated heterocycles. The highest BCUT2D eigenvalue weighted by Crippen LogP contribution is 2.30. The molecule has 0 aromatic carbocycles. The first-order chi connectivity index (χ1) is 6.11. The number of halogens is 1. The number of hydrogen-bond acceptors (Lipinski definition) is 2. The van der Waals surface area contributed by atoms with Crippen LogP contribution in [0.15, 0.2) is 28.1 Å². The van der Waals surface area contributed by atoms with Crippen LogP contribution in [-0.2, 0) is 0 Å². The zero-order valence-electron chi connectivity index (χ0n) is 7.72. The molecular weight excluding hydrogens is 246 g/mol. The first-order valence-corrected chi connectivity index (χ1v) is 5.91. The highest BCUT2D eigenvalue weighted by molar-refractivity contribution is 9.10. The molecule has 0 aliphatic heterocycles. The van der Waals surface area contributed by atoms with Crippen LogP contribution in [-0.4, -0.2) is 0 Å². The summed E-state index contributed by atoms with van der Waals surface area (Å²) in [7, 11) is 0. The molecule has 0 aliphatic carbocycles.